The Morgan fingerprint density at radius 1 is 1.07 bits per heavy atom. The second-order valence-electron chi connectivity index (χ2n) is 2.17. The quantitative estimate of drug-likeness (QED) is 0.400. The molecule has 0 fully saturated rings. The maximum Gasteiger partial charge on any atom is 0.335 e. The SMILES string of the molecule is O=C(O)c1cc(O)c(O)c(O)c1.[AlH3].[Nd]. The summed E-state index contributed by atoms with van der Waals surface area (Å²) >= 11 is 0. The second kappa shape index (κ2) is 6.46. The van der Waals surface area contributed by atoms with Crippen molar-refractivity contribution < 1.29 is 66.1 Å². The molecule has 0 radical (unpaired) electrons. The smallest absolute Gasteiger partial charge is 0.335 e. The standard InChI is InChI=1S/C7H6O5.Al.Nd.3H/c8-4-1-3(7(11)12)2-5(9)6(4)10;;;;;/h1-2,8-10H,(H,11,12);;;;;. The molecule has 1 rings (SSSR count). The molecular weight excluding hydrogens is 335 g/mol. The molecular formula is C7H9AlNdO5. The first-order valence-corrected chi connectivity index (χ1v) is 3.00. The zero-order valence-corrected chi connectivity index (χ0v) is 9.56. The van der Waals surface area contributed by atoms with Gasteiger partial charge in [0.2, 0.25) is 0 Å². The Balaban J connectivity index is 0. The number of hydrogen-bond acceptors (Lipinski definition) is 4. The van der Waals surface area contributed by atoms with Gasteiger partial charge in [0, 0.05) is 40.8 Å². The molecule has 0 amide bonds. The minimum absolute atomic E-state index is 0. The van der Waals surface area contributed by atoms with Crippen LogP contribution in [0, 0.1) is 40.8 Å². The Bertz CT molecular complexity index is 318. The van der Waals surface area contributed by atoms with Gasteiger partial charge < -0.3 is 20.4 Å². The number of aromatic carboxylic acids is 1. The monoisotopic (exact) mass is 342 g/mol. The van der Waals surface area contributed by atoms with E-state index in [1.165, 1.54) is 0 Å². The molecule has 0 bridgehead atoms. The second-order valence-corrected chi connectivity index (χ2v) is 2.17. The Kier molecular flexibility index (Phi) is 7.56. The van der Waals surface area contributed by atoms with Gasteiger partial charge in [-0.3, -0.25) is 0 Å². The number of aromatic hydroxyl groups is 3. The van der Waals surface area contributed by atoms with Gasteiger partial charge in [-0.2, -0.15) is 0 Å². The number of phenolic OH excluding ortho intramolecular Hbond substituents is 3. The van der Waals surface area contributed by atoms with Gasteiger partial charge in [0.15, 0.2) is 34.6 Å². The average molecular weight is 344 g/mol. The molecule has 0 aliphatic heterocycles. The van der Waals surface area contributed by atoms with Crippen molar-refractivity contribution in [2.24, 2.45) is 0 Å². The van der Waals surface area contributed by atoms with Gasteiger partial charge in [-0.15, -0.1) is 0 Å². The zero-order valence-electron chi connectivity index (χ0n) is 6.35. The number of carbonyl (C=O) groups is 1. The van der Waals surface area contributed by atoms with E-state index in [2.05, 4.69) is 0 Å². The van der Waals surface area contributed by atoms with Crippen molar-refractivity contribution >= 4 is 23.3 Å². The van der Waals surface area contributed by atoms with Crippen LogP contribution in [-0.4, -0.2) is 43.8 Å². The van der Waals surface area contributed by atoms with E-state index in [9.17, 15) is 4.79 Å². The molecule has 0 atom stereocenters. The van der Waals surface area contributed by atoms with Crippen molar-refractivity contribution in [3.63, 3.8) is 0 Å². The molecule has 0 aromatic heterocycles. The molecule has 7 heteroatoms. The van der Waals surface area contributed by atoms with Gasteiger partial charge in [0.25, 0.3) is 0 Å². The molecule has 0 saturated heterocycles. The Morgan fingerprint density at radius 3 is 1.71 bits per heavy atom. The summed E-state index contributed by atoms with van der Waals surface area (Å²) in [5.41, 5.74) is -0.289. The minimum atomic E-state index is -1.29. The first kappa shape index (κ1) is 16.4. The fourth-order valence-electron chi connectivity index (χ4n) is 0.728. The molecule has 0 aliphatic rings. The number of hydrogen-bond donors (Lipinski definition) is 4. The molecule has 1 aromatic rings. The van der Waals surface area contributed by atoms with Gasteiger partial charge in [0.1, 0.15) is 0 Å². The summed E-state index contributed by atoms with van der Waals surface area (Å²) in [4.78, 5) is 10.3. The zero-order chi connectivity index (χ0) is 9.30. The average Bonchev–Trinajstić information content (AvgIpc) is 1.99. The minimum Gasteiger partial charge on any atom is -0.504 e. The van der Waals surface area contributed by atoms with E-state index in [4.69, 9.17) is 20.4 Å². The van der Waals surface area contributed by atoms with Crippen LogP contribution in [0.1, 0.15) is 10.4 Å². The van der Waals surface area contributed by atoms with Crippen molar-refractivity contribution in [3.05, 3.63) is 17.7 Å². The molecule has 5 nitrogen and oxygen atoms in total. The van der Waals surface area contributed by atoms with Crippen LogP contribution in [0.5, 0.6) is 17.2 Å². The fraction of sp³-hybridized carbons (Fsp3) is 0. The van der Waals surface area contributed by atoms with Crippen LogP contribution >= 0.6 is 0 Å². The number of carboxylic acids is 1. The van der Waals surface area contributed by atoms with Gasteiger partial charge in [-0.05, 0) is 12.1 Å². The van der Waals surface area contributed by atoms with Crippen molar-refractivity contribution in [2.45, 2.75) is 0 Å². The van der Waals surface area contributed by atoms with Crippen LogP contribution in [0.3, 0.4) is 0 Å². The number of phenols is 3. The molecule has 0 unspecified atom stereocenters. The summed E-state index contributed by atoms with van der Waals surface area (Å²) in [6.45, 7) is 0. The van der Waals surface area contributed by atoms with Crippen molar-refractivity contribution in [2.75, 3.05) is 0 Å². The predicted molar refractivity (Wildman–Crippen MR) is 48.3 cm³/mol. The van der Waals surface area contributed by atoms with E-state index in [-0.39, 0.29) is 63.8 Å². The van der Waals surface area contributed by atoms with Crippen molar-refractivity contribution in [1.82, 2.24) is 0 Å². The van der Waals surface area contributed by atoms with Gasteiger partial charge in [0.05, 0.1) is 5.56 Å². The van der Waals surface area contributed by atoms with E-state index in [1.807, 2.05) is 0 Å². The third-order valence-corrected chi connectivity index (χ3v) is 1.32. The number of carboxylic acid groups (broad SMARTS) is 1. The van der Waals surface area contributed by atoms with Crippen LogP contribution in [-0.2, 0) is 0 Å². The molecule has 0 heterocycles. The van der Waals surface area contributed by atoms with E-state index in [1.54, 1.807) is 0 Å². The summed E-state index contributed by atoms with van der Waals surface area (Å²) < 4.78 is 0. The normalized spacial score (nSPS) is 8.29. The summed E-state index contributed by atoms with van der Waals surface area (Å²) in [6.07, 6.45) is 0. The van der Waals surface area contributed by atoms with Crippen LogP contribution in [0.4, 0.5) is 0 Å². The Hall–Kier alpha value is -0.0269. The van der Waals surface area contributed by atoms with E-state index < -0.39 is 23.2 Å². The van der Waals surface area contributed by atoms with Gasteiger partial charge >= 0.3 is 5.97 Å². The van der Waals surface area contributed by atoms with Crippen LogP contribution in [0.2, 0.25) is 0 Å². The van der Waals surface area contributed by atoms with Crippen LogP contribution in [0.15, 0.2) is 12.1 Å². The molecule has 14 heavy (non-hydrogen) atoms. The van der Waals surface area contributed by atoms with Crippen LogP contribution in [0.25, 0.3) is 0 Å². The third-order valence-electron chi connectivity index (χ3n) is 1.32. The first-order chi connectivity index (χ1) is 5.52. The van der Waals surface area contributed by atoms with Crippen LogP contribution < -0.4 is 0 Å². The maximum atomic E-state index is 10.3. The van der Waals surface area contributed by atoms with E-state index in [0.717, 1.165) is 12.1 Å². The van der Waals surface area contributed by atoms with Gasteiger partial charge in [-0.1, -0.05) is 0 Å². The maximum absolute atomic E-state index is 10.3. The number of benzene rings is 1. The Morgan fingerprint density at radius 2 is 1.43 bits per heavy atom. The van der Waals surface area contributed by atoms with Crippen molar-refractivity contribution in [3.8, 4) is 17.2 Å². The molecule has 0 saturated carbocycles. The third kappa shape index (κ3) is 3.61. The summed E-state index contributed by atoms with van der Waals surface area (Å²) in [5.74, 6) is -3.33. The molecule has 0 aliphatic carbocycles. The molecule has 4 N–H and O–H groups in total. The summed E-state index contributed by atoms with van der Waals surface area (Å²) in [7, 11) is 0. The fourth-order valence-corrected chi connectivity index (χ4v) is 0.728. The Labute approximate surface area is 123 Å². The van der Waals surface area contributed by atoms with E-state index in [0.29, 0.717) is 0 Å². The molecule has 74 valence electrons. The largest absolute Gasteiger partial charge is 0.504 e. The summed E-state index contributed by atoms with van der Waals surface area (Å²) in [6, 6.07) is 1.69. The first-order valence-electron chi connectivity index (χ1n) is 3.00. The molecule has 0 spiro atoms. The number of rotatable bonds is 1. The van der Waals surface area contributed by atoms with Crippen molar-refractivity contribution in [1.29, 1.82) is 0 Å². The topological polar surface area (TPSA) is 98.0 Å². The van der Waals surface area contributed by atoms with E-state index >= 15 is 0 Å². The summed E-state index contributed by atoms with van der Waals surface area (Å²) in [5, 5.41) is 35.0. The van der Waals surface area contributed by atoms with Gasteiger partial charge in [-0.25, -0.2) is 4.79 Å². The molecule has 1 aromatic carbocycles. The predicted octanol–water partition coefficient (Wildman–Crippen LogP) is -0.682.